The molecule has 0 aliphatic heterocycles. The predicted octanol–water partition coefficient (Wildman–Crippen LogP) is 3.61. The van der Waals surface area contributed by atoms with Crippen molar-refractivity contribution in [3.05, 3.63) is 22.4 Å². The van der Waals surface area contributed by atoms with Gasteiger partial charge in [0.05, 0.1) is 12.1 Å². The highest BCUT2D eigenvalue weighted by molar-refractivity contribution is 7.10. The lowest BCUT2D eigenvalue weighted by Crippen LogP contribution is -2.43. The van der Waals surface area contributed by atoms with Crippen LogP contribution in [0.3, 0.4) is 0 Å². The Morgan fingerprint density at radius 3 is 2.85 bits per heavy atom. The summed E-state index contributed by atoms with van der Waals surface area (Å²) in [5.41, 5.74) is 6.00. The van der Waals surface area contributed by atoms with Gasteiger partial charge in [-0.2, -0.15) is 0 Å². The number of rotatable bonds is 7. The Morgan fingerprint density at radius 1 is 1.50 bits per heavy atom. The van der Waals surface area contributed by atoms with Gasteiger partial charge in [0.15, 0.2) is 0 Å². The third-order valence-electron chi connectivity index (χ3n) is 4.22. The largest absolute Gasteiger partial charge is 0.347 e. The van der Waals surface area contributed by atoms with Crippen molar-refractivity contribution in [3.63, 3.8) is 0 Å². The fourth-order valence-corrected chi connectivity index (χ4v) is 3.87. The summed E-state index contributed by atoms with van der Waals surface area (Å²) in [4.78, 5) is 13.6. The van der Waals surface area contributed by atoms with Crippen LogP contribution in [0.2, 0.25) is 0 Å². The van der Waals surface area contributed by atoms with E-state index in [4.69, 9.17) is 5.73 Å². The standard InChI is InChI=1S/C16H26N2OS/c1-2-3-9-13(17)16(19)18-15(12-7-4-5-8-12)14-10-6-11-20-14/h6,10-13,15H,2-5,7-9,17H2,1H3,(H,18,19)/t13-,15?/m0/s1. The van der Waals surface area contributed by atoms with Crippen molar-refractivity contribution in [2.45, 2.75) is 64.0 Å². The molecule has 1 aromatic rings. The molecule has 0 aromatic carbocycles. The SMILES string of the molecule is CCCC[C@H](N)C(=O)NC(c1cccs1)C1CCCC1. The number of nitrogens with two attached hydrogens (primary N) is 1. The van der Waals surface area contributed by atoms with Crippen LogP contribution in [0, 0.1) is 5.92 Å². The van der Waals surface area contributed by atoms with Gasteiger partial charge in [-0.25, -0.2) is 0 Å². The number of hydrogen-bond donors (Lipinski definition) is 2. The van der Waals surface area contributed by atoms with Gasteiger partial charge < -0.3 is 11.1 Å². The number of hydrogen-bond acceptors (Lipinski definition) is 3. The molecule has 1 aliphatic rings. The molecule has 3 nitrogen and oxygen atoms in total. The molecule has 1 unspecified atom stereocenters. The second-order valence-corrected chi connectivity index (χ2v) is 6.77. The Kier molecular flexibility index (Phi) is 6.05. The number of thiophene rings is 1. The van der Waals surface area contributed by atoms with E-state index in [-0.39, 0.29) is 18.0 Å². The first-order chi connectivity index (χ1) is 9.72. The maximum absolute atomic E-state index is 12.3. The molecule has 1 fully saturated rings. The quantitative estimate of drug-likeness (QED) is 0.807. The Morgan fingerprint density at radius 2 is 2.25 bits per heavy atom. The average Bonchev–Trinajstić information content (AvgIpc) is 3.14. The molecule has 3 N–H and O–H groups in total. The van der Waals surface area contributed by atoms with Gasteiger partial charge >= 0.3 is 0 Å². The van der Waals surface area contributed by atoms with E-state index >= 15 is 0 Å². The molecule has 2 atom stereocenters. The fourth-order valence-electron chi connectivity index (χ4n) is 3.00. The minimum atomic E-state index is -0.362. The molecule has 20 heavy (non-hydrogen) atoms. The zero-order valence-corrected chi connectivity index (χ0v) is 13.1. The molecule has 4 heteroatoms. The first-order valence-corrected chi connectivity index (χ1v) is 8.69. The van der Waals surface area contributed by atoms with E-state index in [0.717, 1.165) is 19.3 Å². The molecule has 1 aromatic heterocycles. The normalized spacial score (nSPS) is 18.9. The number of nitrogens with one attached hydrogen (secondary N) is 1. The van der Waals surface area contributed by atoms with E-state index < -0.39 is 0 Å². The molecular weight excluding hydrogens is 268 g/mol. The summed E-state index contributed by atoms with van der Waals surface area (Å²) in [6.45, 7) is 2.12. The van der Waals surface area contributed by atoms with Crippen molar-refractivity contribution < 1.29 is 4.79 Å². The lowest BCUT2D eigenvalue weighted by atomic mass is 9.96. The van der Waals surface area contributed by atoms with Crippen LogP contribution < -0.4 is 11.1 Å². The van der Waals surface area contributed by atoms with Crippen molar-refractivity contribution >= 4 is 17.2 Å². The van der Waals surface area contributed by atoms with E-state index in [0.29, 0.717) is 5.92 Å². The Bertz CT molecular complexity index is 399. The highest BCUT2D eigenvalue weighted by Gasteiger charge is 2.29. The molecule has 0 spiro atoms. The molecule has 1 heterocycles. The molecule has 1 saturated carbocycles. The van der Waals surface area contributed by atoms with E-state index in [1.54, 1.807) is 11.3 Å². The van der Waals surface area contributed by atoms with Crippen molar-refractivity contribution in [1.29, 1.82) is 0 Å². The summed E-state index contributed by atoms with van der Waals surface area (Å²) in [7, 11) is 0. The highest BCUT2D eigenvalue weighted by Crippen LogP contribution is 2.37. The zero-order chi connectivity index (χ0) is 14.4. The molecule has 2 rings (SSSR count). The minimum Gasteiger partial charge on any atom is -0.347 e. The monoisotopic (exact) mass is 294 g/mol. The van der Waals surface area contributed by atoms with E-state index in [9.17, 15) is 4.79 Å². The van der Waals surface area contributed by atoms with Crippen LogP contribution in [0.5, 0.6) is 0 Å². The summed E-state index contributed by atoms with van der Waals surface area (Å²) < 4.78 is 0. The fraction of sp³-hybridized carbons (Fsp3) is 0.688. The first kappa shape index (κ1) is 15.5. The van der Waals surface area contributed by atoms with Crippen LogP contribution in [0.25, 0.3) is 0 Å². The summed E-state index contributed by atoms with van der Waals surface area (Å²) in [5, 5.41) is 5.30. The third-order valence-corrected chi connectivity index (χ3v) is 5.18. The first-order valence-electron chi connectivity index (χ1n) is 7.81. The van der Waals surface area contributed by atoms with Gasteiger partial charge in [0, 0.05) is 4.88 Å². The molecule has 0 radical (unpaired) electrons. The van der Waals surface area contributed by atoms with Gasteiger partial charge in [0.2, 0.25) is 5.91 Å². The van der Waals surface area contributed by atoms with Gasteiger partial charge in [-0.05, 0) is 36.6 Å². The van der Waals surface area contributed by atoms with Crippen molar-refractivity contribution in [2.24, 2.45) is 11.7 Å². The second-order valence-electron chi connectivity index (χ2n) is 5.79. The van der Waals surface area contributed by atoms with Crippen molar-refractivity contribution in [2.75, 3.05) is 0 Å². The topological polar surface area (TPSA) is 55.1 Å². The Labute approximate surface area is 125 Å². The minimum absolute atomic E-state index is 0.0174. The summed E-state index contributed by atoms with van der Waals surface area (Å²) in [5.74, 6) is 0.597. The second kappa shape index (κ2) is 7.79. The lowest BCUT2D eigenvalue weighted by Gasteiger charge is -2.25. The van der Waals surface area contributed by atoms with Crippen LogP contribution in [0.4, 0.5) is 0 Å². The van der Waals surface area contributed by atoms with E-state index in [1.807, 2.05) is 0 Å². The number of carbonyl (C=O) groups excluding carboxylic acids is 1. The van der Waals surface area contributed by atoms with Crippen molar-refractivity contribution in [3.8, 4) is 0 Å². The highest BCUT2D eigenvalue weighted by atomic mass is 32.1. The van der Waals surface area contributed by atoms with Crippen LogP contribution in [0.1, 0.15) is 62.8 Å². The van der Waals surface area contributed by atoms with Crippen LogP contribution in [-0.2, 0) is 4.79 Å². The van der Waals surface area contributed by atoms with Gasteiger partial charge in [-0.15, -0.1) is 11.3 Å². The molecule has 0 saturated heterocycles. The molecular formula is C16H26N2OS. The van der Waals surface area contributed by atoms with Crippen LogP contribution in [0.15, 0.2) is 17.5 Å². The third kappa shape index (κ3) is 4.06. The van der Waals surface area contributed by atoms with E-state index in [1.165, 1.54) is 30.6 Å². The molecule has 1 aliphatic carbocycles. The van der Waals surface area contributed by atoms with Gasteiger partial charge in [-0.3, -0.25) is 4.79 Å². The van der Waals surface area contributed by atoms with Gasteiger partial charge in [-0.1, -0.05) is 38.7 Å². The Balaban J connectivity index is 1.98. The summed E-state index contributed by atoms with van der Waals surface area (Å²) in [6.07, 6.45) is 7.87. The summed E-state index contributed by atoms with van der Waals surface area (Å²) in [6, 6.07) is 3.99. The van der Waals surface area contributed by atoms with Crippen LogP contribution in [-0.4, -0.2) is 11.9 Å². The smallest absolute Gasteiger partial charge is 0.237 e. The average molecular weight is 294 g/mol. The predicted molar refractivity (Wildman–Crippen MR) is 84.7 cm³/mol. The van der Waals surface area contributed by atoms with Crippen molar-refractivity contribution in [1.82, 2.24) is 5.32 Å². The number of carbonyl (C=O) groups is 1. The summed E-state index contributed by atoms with van der Waals surface area (Å²) >= 11 is 1.73. The Hall–Kier alpha value is -0.870. The molecule has 0 bridgehead atoms. The zero-order valence-electron chi connectivity index (χ0n) is 12.3. The maximum Gasteiger partial charge on any atom is 0.237 e. The number of unbranched alkanes of at least 4 members (excludes halogenated alkanes) is 1. The lowest BCUT2D eigenvalue weighted by molar-refractivity contribution is -0.123. The number of amides is 1. The van der Waals surface area contributed by atoms with Gasteiger partial charge in [0.25, 0.3) is 0 Å². The molecule has 112 valence electrons. The van der Waals surface area contributed by atoms with Gasteiger partial charge in [0.1, 0.15) is 0 Å². The van der Waals surface area contributed by atoms with Crippen LogP contribution >= 0.6 is 11.3 Å². The molecule has 1 amide bonds. The van der Waals surface area contributed by atoms with E-state index in [2.05, 4.69) is 29.8 Å². The maximum atomic E-state index is 12.3.